The van der Waals surface area contributed by atoms with E-state index in [1.54, 1.807) is 0 Å². The van der Waals surface area contributed by atoms with Crippen molar-refractivity contribution >= 4 is 33.0 Å². The maximum atomic E-state index is 8.83. The summed E-state index contributed by atoms with van der Waals surface area (Å²) in [6.07, 6.45) is 0. The van der Waals surface area contributed by atoms with Crippen molar-refractivity contribution in [1.29, 1.82) is 0 Å². The van der Waals surface area contributed by atoms with Crippen molar-refractivity contribution in [3.63, 3.8) is 0 Å². The van der Waals surface area contributed by atoms with Gasteiger partial charge in [0.05, 0.1) is 10.8 Å². The standard InChI is InChI=1S/C15H9NS.ClH3O4/c1-2-6-11-10(5-1)9-17-15-12-7-3-4-8-13(12)16-14(11)15;2-1(3,4)5/h1-9H;2-4H/p+1. The van der Waals surface area contributed by atoms with E-state index in [4.69, 9.17) is 18.6 Å². The van der Waals surface area contributed by atoms with Gasteiger partial charge in [-0.1, -0.05) is 30.3 Å². The monoisotopic (exact) mass is 338 g/mol. The zero-order valence-electron chi connectivity index (χ0n) is 11.2. The number of nitrogens with one attached hydrogen (secondary N) is 1. The van der Waals surface area contributed by atoms with Gasteiger partial charge in [0.15, 0.2) is 0 Å². The van der Waals surface area contributed by atoms with Crippen molar-refractivity contribution in [2.45, 2.75) is 0 Å². The van der Waals surface area contributed by atoms with E-state index in [0.29, 0.717) is 0 Å². The average Bonchev–Trinajstić information content (AvgIpc) is 2.84. The third kappa shape index (κ3) is 3.17. The normalized spacial score (nSPS) is 12.4. The average molecular weight is 339 g/mol. The zero-order chi connectivity index (χ0) is 15.7. The van der Waals surface area contributed by atoms with Crippen molar-refractivity contribution in [2.75, 3.05) is 0 Å². The second kappa shape index (κ2) is 5.77. The summed E-state index contributed by atoms with van der Waals surface area (Å²) >= 11 is 1.81. The number of fused-ring (bicyclic) bond motifs is 5. The molecule has 0 aliphatic carbocycles. The number of para-hydroxylation sites is 1. The van der Waals surface area contributed by atoms with Crippen LogP contribution in [0.25, 0.3) is 32.2 Å². The number of benzene rings is 2. The molecule has 114 valence electrons. The Morgan fingerprint density at radius 3 is 2.23 bits per heavy atom. The molecule has 0 amide bonds. The smallest absolute Gasteiger partial charge is 0.203 e. The summed E-state index contributed by atoms with van der Waals surface area (Å²) in [6.45, 7) is 0. The van der Waals surface area contributed by atoms with Crippen molar-refractivity contribution in [1.82, 2.24) is 0 Å². The molecule has 4 N–H and O–H groups in total. The predicted octanol–water partition coefficient (Wildman–Crippen LogP) is 1.11. The molecule has 7 heteroatoms. The summed E-state index contributed by atoms with van der Waals surface area (Å²) in [4.78, 5) is 4.88. The fourth-order valence-electron chi connectivity index (χ4n) is 2.38. The van der Waals surface area contributed by atoms with Crippen LogP contribution in [0.5, 0.6) is 0 Å². The molecule has 2 aromatic rings. The molecule has 4 rings (SSSR count). The minimum atomic E-state index is -4.19. The van der Waals surface area contributed by atoms with Crippen LogP contribution in [0.15, 0.2) is 53.9 Å². The van der Waals surface area contributed by atoms with E-state index in [-0.39, 0.29) is 0 Å². The maximum absolute atomic E-state index is 8.83. The zero-order valence-corrected chi connectivity index (χ0v) is 12.8. The van der Waals surface area contributed by atoms with Gasteiger partial charge < -0.3 is 0 Å². The maximum Gasteiger partial charge on any atom is 0.230 e. The van der Waals surface area contributed by atoms with Crippen LogP contribution in [0.3, 0.4) is 0 Å². The van der Waals surface area contributed by atoms with Gasteiger partial charge in [-0.2, -0.15) is 0 Å². The van der Waals surface area contributed by atoms with Gasteiger partial charge in [-0.15, -0.1) is 11.3 Å². The first-order valence-electron chi connectivity index (χ1n) is 6.29. The fourth-order valence-corrected chi connectivity index (χ4v) is 3.41. The topological polar surface area (TPSA) is 97.9 Å². The molecule has 2 aromatic carbocycles. The summed E-state index contributed by atoms with van der Waals surface area (Å²) < 4.78 is 30.2. The summed E-state index contributed by atoms with van der Waals surface area (Å²) in [7, 11) is -4.19. The SMILES string of the molecule is [O-][Cl+](O)(O)O.c1ccc2c3[nH+]c4ccccc4c-3scc2c1. The van der Waals surface area contributed by atoms with Crippen LogP contribution >= 0.6 is 11.3 Å². The third-order valence-electron chi connectivity index (χ3n) is 3.19. The molecule has 0 bridgehead atoms. The van der Waals surface area contributed by atoms with Crippen molar-refractivity contribution in [3.8, 4) is 10.6 Å². The van der Waals surface area contributed by atoms with E-state index >= 15 is 0 Å². The quantitative estimate of drug-likeness (QED) is 0.447. The van der Waals surface area contributed by atoms with Crippen LogP contribution < -0.4 is 9.64 Å². The van der Waals surface area contributed by atoms with Crippen LogP contribution in [-0.2, 0) is 0 Å². The molecule has 0 fully saturated rings. The number of halogens is 1. The molecule has 22 heavy (non-hydrogen) atoms. The molecule has 2 heterocycles. The molecule has 0 saturated heterocycles. The minimum Gasteiger partial charge on any atom is -0.203 e. The first-order chi connectivity index (χ1) is 10.4. The summed E-state index contributed by atoms with van der Waals surface area (Å²) in [5, 5.41) is 6.16. The number of hydrogen-bond acceptors (Lipinski definition) is 5. The second-order valence-electron chi connectivity index (χ2n) is 4.63. The van der Waals surface area contributed by atoms with Crippen LogP contribution in [0, 0.1) is 10.2 Å². The summed E-state index contributed by atoms with van der Waals surface area (Å²) in [5.41, 5.74) is 2.48. The molecule has 0 saturated carbocycles. The molecule has 2 aliphatic heterocycles. The first kappa shape index (κ1) is 15.1. The van der Waals surface area contributed by atoms with Gasteiger partial charge in [0.25, 0.3) is 0 Å². The van der Waals surface area contributed by atoms with Gasteiger partial charge in [0.2, 0.25) is 11.2 Å². The van der Waals surface area contributed by atoms with Gasteiger partial charge in [-0.3, -0.25) is 0 Å². The van der Waals surface area contributed by atoms with E-state index in [1.807, 2.05) is 11.3 Å². The van der Waals surface area contributed by atoms with E-state index < -0.39 is 10.2 Å². The number of aromatic amines is 1. The minimum absolute atomic E-state index is 1.22. The summed E-state index contributed by atoms with van der Waals surface area (Å²) in [5.74, 6) is 0. The van der Waals surface area contributed by atoms with Crippen LogP contribution in [0.2, 0.25) is 0 Å². The fraction of sp³-hybridized carbons (Fsp3) is 0. The van der Waals surface area contributed by atoms with Crippen molar-refractivity contribution < 1.29 is 33.9 Å². The second-order valence-corrected chi connectivity index (χ2v) is 6.38. The first-order valence-corrected chi connectivity index (χ1v) is 8.50. The Morgan fingerprint density at radius 1 is 0.909 bits per heavy atom. The third-order valence-corrected chi connectivity index (χ3v) is 4.22. The Balaban J connectivity index is 0.000000254. The van der Waals surface area contributed by atoms with Crippen molar-refractivity contribution in [3.05, 3.63) is 53.9 Å². The number of H-pyrrole nitrogens is 1. The summed E-state index contributed by atoms with van der Waals surface area (Å²) in [6, 6.07) is 17.0. The van der Waals surface area contributed by atoms with Gasteiger partial charge in [-0.25, -0.2) is 4.98 Å². The Hall–Kier alpha value is -1.80. The molecular weight excluding hydrogens is 326 g/mol. The Morgan fingerprint density at radius 2 is 1.50 bits per heavy atom. The number of hydrogen-bond donors (Lipinski definition) is 3. The van der Waals surface area contributed by atoms with Crippen LogP contribution in [0.4, 0.5) is 0 Å². The van der Waals surface area contributed by atoms with E-state index in [9.17, 15) is 0 Å². The molecule has 0 unspecified atom stereocenters. The van der Waals surface area contributed by atoms with E-state index in [0.717, 1.165) is 0 Å². The Bertz CT molecular complexity index is 897. The van der Waals surface area contributed by atoms with Gasteiger partial charge in [-0.05, 0) is 22.9 Å². The van der Waals surface area contributed by atoms with E-state index in [2.05, 4.69) is 58.9 Å². The largest absolute Gasteiger partial charge is 0.230 e. The Labute approximate surface area is 131 Å². The molecule has 0 spiro atoms. The van der Waals surface area contributed by atoms with Crippen LogP contribution in [0.1, 0.15) is 0 Å². The van der Waals surface area contributed by atoms with Gasteiger partial charge >= 0.3 is 28.9 Å². The molecule has 2 aliphatic rings. The van der Waals surface area contributed by atoms with Gasteiger partial charge in [0.1, 0.15) is 4.88 Å². The van der Waals surface area contributed by atoms with Crippen LogP contribution in [-0.4, -0.2) is 14.0 Å². The molecular formula is C15H13ClNO4S+. The van der Waals surface area contributed by atoms with Gasteiger partial charge in [0, 0.05) is 6.07 Å². The Kier molecular flexibility index (Phi) is 3.96. The number of rotatable bonds is 0. The molecule has 0 atom stereocenters. The van der Waals surface area contributed by atoms with E-state index in [1.165, 1.54) is 32.2 Å². The molecule has 0 radical (unpaired) electrons. The number of aromatic nitrogens is 1. The predicted molar refractivity (Wildman–Crippen MR) is 79.2 cm³/mol. The molecule has 0 aromatic heterocycles. The van der Waals surface area contributed by atoms with Crippen molar-refractivity contribution in [2.24, 2.45) is 0 Å². The molecule has 5 nitrogen and oxygen atoms in total.